The Hall–Kier alpha value is -2.37. The van der Waals surface area contributed by atoms with Crippen LogP contribution in [0.15, 0.2) is 42.5 Å². The molecule has 0 N–H and O–H groups in total. The molecule has 2 amide bonds. The number of halogens is 3. The van der Waals surface area contributed by atoms with E-state index in [1.54, 1.807) is 6.08 Å². The van der Waals surface area contributed by atoms with Gasteiger partial charge in [-0.25, -0.2) is 0 Å². The number of carbonyl (C=O) groups is 2. The van der Waals surface area contributed by atoms with Gasteiger partial charge in [-0.05, 0) is 36.3 Å². The van der Waals surface area contributed by atoms with Crippen LogP contribution in [-0.2, 0) is 15.8 Å². The summed E-state index contributed by atoms with van der Waals surface area (Å²) in [4.78, 5) is 24.3. The minimum atomic E-state index is -4.43. The molecule has 1 aromatic carbocycles. The molecule has 1 aliphatic heterocycles. The maximum Gasteiger partial charge on any atom is 0.416 e. The second-order valence-electron chi connectivity index (χ2n) is 4.48. The summed E-state index contributed by atoms with van der Waals surface area (Å²) in [6, 6.07) is 4.62. The second-order valence-corrected chi connectivity index (χ2v) is 4.48. The van der Waals surface area contributed by atoms with Crippen molar-refractivity contribution in [1.82, 2.24) is 4.90 Å². The second kappa shape index (κ2) is 5.95. The molecule has 0 bridgehead atoms. The summed E-state index contributed by atoms with van der Waals surface area (Å²) in [6.07, 6.45) is 1.49. The molecule has 21 heavy (non-hydrogen) atoms. The highest BCUT2D eigenvalue weighted by molar-refractivity contribution is 6.06. The number of imide groups is 1. The Morgan fingerprint density at radius 2 is 2.05 bits per heavy atom. The number of carbonyl (C=O) groups excluding carboxylic acids is 2. The van der Waals surface area contributed by atoms with E-state index in [1.165, 1.54) is 24.3 Å². The lowest BCUT2D eigenvalue weighted by molar-refractivity contribution is -0.139. The quantitative estimate of drug-likeness (QED) is 0.786. The summed E-state index contributed by atoms with van der Waals surface area (Å²) in [7, 11) is 0. The van der Waals surface area contributed by atoms with Gasteiger partial charge in [0.1, 0.15) is 0 Å². The van der Waals surface area contributed by atoms with E-state index >= 15 is 0 Å². The number of alkyl halides is 3. The molecule has 110 valence electrons. The van der Waals surface area contributed by atoms with Crippen molar-refractivity contribution in [2.24, 2.45) is 0 Å². The number of nitrogens with zero attached hydrogens (tertiary/aromatic N) is 1. The number of amides is 2. The van der Waals surface area contributed by atoms with E-state index in [9.17, 15) is 22.8 Å². The fourth-order valence-electron chi connectivity index (χ4n) is 1.88. The summed E-state index contributed by atoms with van der Waals surface area (Å²) in [5.74, 6) is -0.957. The average Bonchev–Trinajstić information content (AvgIpc) is 2.45. The summed E-state index contributed by atoms with van der Waals surface area (Å²) in [6.45, 7) is 0.279. The van der Waals surface area contributed by atoms with Gasteiger partial charge in [-0.1, -0.05) is 18.2 Å². The molecular formula is C15H12F3NO2. The van der Waals surface area contributed by atoms with E-state index in [0.29, 0.717) is 6.42 Å². The molecule has 0 radical (unpaired) electrons. The maximum absolute atomic E-state index is 12.6. The third-order valence-electron chi connectivity index (χ3n) is 2.94. The fraction of sp³-hybridized carbons (Fsp3) is 0.200. The first-order valence-electron chi connectivity index (χ1n) is 6.25. The van der Waals surface area contributed by atoms with Gasteiger partial charge in [0.2, 0.25) is 0 Å². The third kappa shape index (κ3) is 3.81. The zero-order valence-electron chi connectivity index (χ0n) is 10.9. The first kappa shape index (κ1) is 15.0. The Morgan fingerprint density at radius 3 is 2.71 bits per heavy atom. The summed E-state index contributed by atoms with van der Waals surface area (Å²) >= 11 is 0. The number of hydrogen-bond donors (Lipinski definition) is 0. The smallest absolute Gasteiger partial charge is 0.275 e. The topological polar surface area (TPSA) is 37.4 Å². The van der Waals surface area contributed by atoms with Crippen molar-refractivity contribution in [3.63, 3.8) is 0 Å². The highest BCUT2D eigenvalue weighted by atomic mass is 19.4. The zero-order chi connectivity index (χ0) is 15.5. The molecule has 0 atom stereocenters. The molecule has 3 nitrogen and oxygen atoms in total. The lowest BCUT2D eigenvalue weighted by Crippen LogP contribution is -2.37. The summed E-state index contributed by atoms with van der Waals surface area (Å²) in [5.41, 5.74) is -0.535. The van der Waals surface area contributed by atoms with Crippen molar-refractivity contribution < 1.29 is 22.8 Å². The Balaban J connectivity index is 2.12. The monoisotopic (exact) mass is 295 g/mol. The minimum absolute atomic E-state index is 0.248. The Kier molecular flexibility index (Phi) is 4.26. The normalized spacial score (nSPS) is 15.8. The highest BCUT2D eigenvalue weighted by Crippen LogP contribution is 2.29. The predicted molar refractivity (Wildman–Crippen MR) is 71.0 cm³/mol. The molecule has 0 fully saturated rings. The largest absolute Gasteiger partial charge is 0.416 e. The third-order valence-corrected chi connectivity index (χ3v) is 2.94. The molecule has 1 heterocycles. The predicted octanol–water partition coefficient (Wildman–Crippen LogP) is 3.03. The Labute approximate surface area is 119 Å². The van der Waals surface area contributed by atoms with Crippen LogP contribution in [0.1, 0.15) is 17.5 Å². The standard InChI is InChI=1S/C15H12F3NO2/c16-15(17,18)12-5-3-4-11(10-12)7-8-14(21)19-9-2-1-6-13(19)20/h1,3-8,10H,2,9H2/b8-7+. The van der Waals surface area contributed by atoms with Crippen LogP contribution in [0.2, 0.25) is 0 Å². The highest BCUT2D eigenvalue weighted by Gasteiger charge is 2.30. The van der Waals surface area contributed by atoms with Gasteiger partial charge in [0, 0.05) is 12.6 Å². The molecule has 0 unspecified atom stereocenters. The van der Waals surface area contributed by atoms with Crippen LogP contribution in [0.25, 0.3) is 6.08 Å². The van der Waals surface area contributed by atoms with Crippen LogP contribution in [0.5, 0.6) is 0 Å². The van der Waals surface area contributed by atoms with Gasteiger partial charge < -0.3 is 0 Å². The van der Waals surface area contributed by atoms with E-state index in [2.05, 4.69) is 0 Å². The van der Waals surface area contributed by atoms with Crippen LogP contribution in [-0.4, -0.2) is 23.3 Å². The van der Waals surface area contributed by atoms with Crippen LogP contribution in [0.4, 0.5) is 13.2 Å². The van der Waals surface area contributed by atoms with Crippen molar-refractivity contribution in [2.75, 3.05) is 6.54 Å². The van der Waals surface area contributed by atoms with Crippen molar-refractivity contribution in [1.29, 1.82) is 0 Å². The molecule has 0 aromatic heterocycles. The lowest BCUT2D eigenvalue weighted by atomic mass is 10.1. The molecule has 1 aromatic rings. The van der Waals surface area contributed by atoms with E-state index in [0.717, 1.165) is 23.1 Å². The van der Waals surface area contributed by atoms with Gasteiger partial charge in [0.05, 0.1) is 5.56 Å². The molecule has 2 rings (SSSR count). The van der Waals surface area contributed by atoms with Crippen LogP contribution in [0, 0.1) is 0 Å². The number of benzene rings is 1. The van der Waals surface area contributed by atoms with Gasteiger partial charge in [0.25, 0.3) is 11.8 Å². The van der Waals surface area contributed by atoms with E-state index in [4.69, 9.17) is 0 Å². The molecule has 0 saturated carbocycles. The number of rotatable bonds is 2. The van der Waals surface area contributed by atoms with Gasteiger partial charge in [-0.2, -0.15) is 13.2 Å². The van der Waals surface area contributed by atoms with Gasteiger partial charge in [-0.15, -0.1) is 0 Å². The van der Waals surface area contributed by atoms with Crippen LogP contribution < -0.4 is 0 Å². The zero-order valence-corrected chi connectivity index (χ0v) is 10.9. The number of hydrogen-bond acceptors (Lipinski definition) is 2. The molecule has 1 aliphatic rings. The molecule has 6 heteroatoms. The average molecular weight is 295 g/mol. The first-order valence-corrected chi connectivity index (χ1v) is 6.25. The molecule has 0 aliphatic carbocycles. The SMILES string of the molecule is O=C1C=CCCN1C(=O)/C=C/c1cccc(C(F)(F)F)c1. The first-order chi connectivity index (χ1) is 9.88. The maximum atomic E-state index is 12.6. The van der Waals surface area contributed by atoms with Crippen LogP contribution >= 0.6 is 0 Å². The van der Waals surface area contributed by atoms with E-state index in [-0.39, 0.29) is 12.1 Å². The summed E-state index contributed by atoms with van der Waals surface area (Å²) in [5, 5.41) is 0. The molecule has 0 spiro atoms. The van der Waals surface area contributed by atoms with Crippen molar-refractivity contribution in [3.05, 3.63) is 53.6 Å². The molecule has 0 saturated heterocycles. The van der Waals surface area contributed by atoms with Crippen LogP contribution in [0.3, 0.4) is 0 Å². The Bertz CT molecular complexity index is 618. The van der Waals surface area contributed by atoms with Crippen molar-refractivity contribution >= 4 is 17.9 Å². The minimum Gasteiger partial charge on any atom is -0.275 e. The van der Waals surface area contributed by atoms with E-state index in [1.807, 2.05) is 0 Å². The van der Waals surface area contributed by atoms with Gasteiger partial charge >= 0.3 is 6.18 Å². The van der Waals surface area contributed by atoms with Crippen molar-refractivity contribution in [2.45, 2.75) is 12.6 Å². The summed E-state index contributed by atoms with van der Waals surface area (Å²) < 4.78 is 37.7. The van der Waals surface area contributed by atoms with E-state index < -0.39 is 23.6 Å². The lowest BCUT2D eigenvalue weighted by Gasteiger charge is -2.19. The van der Waals surface area contributed by atoms with Gasteiger partial charge in [-0.3, -0.25) is 14.5 Å². The molecular weight excluding hydrogens is 283 g/mol. The Morgan fingerprint density at radius 1 is 1.29 bits per heavy atom. The van der Waals surface area contributed by atoms with Gasteiger partial charge in [0.15, 0.2) is 0 Å². The fourth-order valence-corrected chi connectivity index (χ4v) is 1.88. The van der Waals surface area contributed by atoms with Crippen molar-refractivity contribution in [3.8, 4) is 0 Å².